The van der Waals surface area contributed by atoms with Crippen LogP contribution in [0.25, 0.3) is 0 Å². The predicted molar refractivity (Wildman–Crippen MR) is 341 cm³/mol. The third-order valence-corrected chi connectivity index (χ3v) is 16.7. The molecule has 1 rings (SSSR count). The molecule has 1 heterocycles. The van der Waals surface area contributed by atoms with Gasteiger partial charge in [0.05, 0.1) is 25.4 Å². The van der Waals surface area contributed by atoms with Gasteiger partial charge in [0.15, 0.2) is 6.29 Å². The molecule has 0 aromatic carbocycles. The maximum Gasteiger partial charge on any atom is 0.220 e. The van der Waals surface area contributed by atoms with E-state index in [4.69, 9.17) is 9.47 Å². The normalized spacial score (nSPS) is 18.7. The Bertz CT molecular complexity index is 1400. The lowest BCUT2D eigenvalue weighted by atomic mass is 9.99. The van der Waals surface area contributed by atoms with E-state index in [2.05, 4.69) is 67.8 Å². The summed E-state index contributed by atoms with van der Waals surface area (Å²) in [5, 5.41) is 55.0. The van der Waals surface area contributed by atoms with E-state index in [0.717, 1.165) is 64.2 Å². The molecular weight excluding hydrogens is 995 g/mol. The fraction of sp³-hybridized carbons (Fsp3) is 0.873. The molecule has 1 amide bonds. The first-order chi connectivity index (χ1) is 39.3. The molecule has 80 heavy (non-hydrogen) atoms. The first-order valence-electron chi connectivity index (χ1n) is 34.8. The van der Waals surface area contributed by atoms with Crippen molar-refractivity contribution in [3.63, 3.8) is 0 Å². The Morgan fingerprint density at radius 2 is 0.775 bits per heavy atom. The van der Waals surface area contributed by atoms with Crippen molar-refractivity contribution >= 4 is 5.91 Å². The Morgan fingerprint density at radius 3 is 1.15 bits per heavy atom. The maximum atomic E-state index is 13.2. The summed E-state index contributed by atoms with van der Waals surface area (Å²) in [4.78, 5) is 13.2. The molecule has 1 aliphatic rings. The molecule has 9 heteroatoms. The number of ether oxygens (including phenoxy) is 2. The Hall–Kier alpha value is -1.85. The minimum absolute atomic E-state index is 0.136. The van der Waals surface area contributed by atoms with Crippen LogP contribution in [0.4, 0.5) is 0 Å². The van der Waals surface area contributed by atoms with Gasteiger partial charge in [-0.15, -0.1) is 0 Å². The molecule has 1 saturated heterocycles. The average molecular weight is 1130 g/mol. The van der Waals surface area contributed by atoms with E-state index in [1.807, 2.05) is 0 Å². The van der Waals surface area contributed by atoms with Crippen LogP contribution in [0.5, 0.6) is 0 Å². The molecule has 470 valence electrons. The van der Waals surface area contributed by atoms with Crippen molar-refractivity contribution in [1.82, 2.24) is 5.32 Å². The number of aliphatic hydroxyl groups excluding tert-OH is 5. The number of amides is 1. The van der Waals surface area contributed by atoms with E-state index in [9.17, 15) is 30.3 Å². The van der Waals surface area contributed by atoms with E-state index in [1.165, 1.54) is 250 Å². The van der Waals surface area contributed by atoms with Crippen LogP contribution < -0.4 is 5.32 Å². The van der Waals surface area contributed by atoms with Crippen LogP contribution in [0.2, 0.25) is 0 Å². The molecule has 7 atom stereocenters. The fourth-order valence-electron chi connectivity index (χ4n) is 11.3. The predicted octanol–water partition coefficient (Wildman–Crippen LogP) is 18.8. The summed E-state index contributed by atoms with van der Waals surface area (Å²) < 4.78 is 11.4. The van der Waals surface area contributed by atoms with Crippen molar-refractivity contribution < 1.29 is 39.8 Å². The van der Waals surface area contributed by atoms with Crippen molar-refractivity contribution in [3.05, 3.63) is 48.6 Å². The second-order valence-electron chi connectivity index (χ2n) is 24.3. The van der Waals surface area contributed by atoms with Gasteiger partial charge in [0.25, 0.3) is 0 Å². The van der Waals surface area contributed by atoms with Crippen molar-refractivity contribution in [2.75, 3.05) is 13.2 Å². The number of hydrogen-bond donors (Lipinski definition) is 6. The molecule has 0 aromatic heterocycles. The van der Waals surface area contributed by atoms with Crippen molar-refractivity contribution in [1.29, 1.82) is 0 Å². The molecule has 0 bridgehead atoms. The highest BCUT2D eigenvalue weighted by atomic mass is 16.7. The fourth-order valence-corrected chi connectivity index (χ4v) is 11.3. The highest BCUT2D eigenvalue weighted by molar-refractivity contribution is 5.76. The molecule has 1 fully saturated rings. The smallest absolute Gasteiger partial charge is 0.220 e. The number of rotatable bonds is 61. The van der Waals surface area contributed by atoms with Crippen LogP contribution in [0.3, 0.4) is 0 Å². The summed E-state index contributed by atoms with van der Waals surface area (Å²) >= 11 is 0. The SMILES string of the molecule is CC/C=C\C/C=C\C/C=C\C/C=C\CCCCCCCCCCCCCCCCCCC(=O)NC(COC1OC(CO)C(O)C(O)C1O)C(O)CCCCCCCCCCCCCCCCCCCCCCCCCCCCCC. The van der Waals surface area contributed by atoms with Crippen LogP contribution >= 0.6 is 0 Å². The van der Waals surface area contributed by atoms with Gasteiger partial charge in [-0.3, -0.25) is 4.79 Å². The van der Waals surface area contributed by atoms with Crippen molar-refractivity contribution in [3.8, 4) is 0 Å². The lowest BCUT2D eigenvalue weighted by Crippen LogP contribution is -2.60. The topological polar surface area (TPSA) is 149 Å². The summed E-state index contributed by atoms with van der Waals surface area (Å²) in [7, 11) is 0. The number of unbranched alkanes of at least 4 members (excludes halogenated alkanes) is 43. The quantitative estimate of drug-likeness (QED) is 0.0261. The molecule has 6 N–H and O–H groups in total. The van der Waals surface area contributed by atoms with Gasteiger partial charge in [-0.25, -0.2) is 0 Å². The van der Waals surface area contributed by atoms with Gasteiger partial charge < -0.3 is 40.3 Å². The summed E-state index contributed by atoms with van der Waals surface area (Å²) in [5.74, 6) is -0.139. The minimum atomic E-state index is -1.55. The number of carbonyl (C=O) groups excluding carboxylic acids is 1. The second-order valence-corrected chi connectivity index (χ2v) is 24.3. The molecule has 0 aliphatic carbocycles. The van der Waals surface area contributed by atoms with Gasteiger partial charge in [-0.05, 0) is 51.4 Å². The third-order valence-electron chi connectivity index (χ3n) is 16.7. The molecule has 0 spiro atoms. The first-order valence-corrected chi connectivity index (χ1v) is 34.8. The number of allylic oxidation sites excluding steroid dienone is 8. The van der Waals surface area contributed by atoms with Gasteiger partial charge in [0, 0.05) is 6.42 Å². The van der Waals surface area contributed by atoms with Crippen molar-refractivity contribution in [2.45, 2.75) is 384 Å². The average Bonchev–Trinajstić information content (AvgIpc) is 3.46. The largest absolute Gasteiger partial charge is 0.394 e. The van der Waals surface area contributed by atoms with Gasteiger partial charge in [0.2, 0.25) is 5.91 Å². The molecule has 1 aliphatic heterocycles. The standard InChI is InChI=1S/C71H133NO8/c1-3-5-7-9-11-13-15-17-19-21-23-25-27-29-31-33-35-37-39-41-43-45-47-49-51-53-55-57-59-61-67(75)72-64(63-79-71-70(78)69(77)68(76)66(62-73)80-71)65(74)60-58-56-54-52-50-48-46-44-42-40-38-36-34-32-30-28-26-24-22-20-18-16-14-12-10-8-6-4-2/h5,7,11,13,17,19,23,25,64-66,68-71,73-74,76-78H,3-4,6,8-10,12,14-16,18,20-22,24,26-63H2,1-2H3,(H,72,75)/b7-5-,13-11-,19-17-,25-23-. The van der Waals surface area contributed by atoms with Crippen molar-refractivity contribution in [2.24, 2.45) is 0 Å². The zero-order valence-electron chi connectivity index (χ0n) is 52.6. The second kappa shape index (κ2) is 60.3. The Labute approximate surface area is 494 Å². The highest BCUT2D eigenvalue weighted by Crippen LogP contribution is 2.24. The van der Waals surface area contributed by atoms with Crippen LogP contribution in [0.1, 0.15) is 341 Å². The van der Waals surface area contributed by atoms with Crippen LogP contribution in [0, 0.1) is 0 Å². The summed E-state index contributed by atoms with van der Waals surface area (Å²) in [5.41, 5.74) is 0. The number of aliphatic hydroxyl groups is 5. The minimum Gasteiger partial charge on any atom is -0.394 e. The number of carbonyl (C=O) groups is 1. The van der Waals surface area contributed by atoms with E-state index in [-0.39, 0.29) is 12.5 Å². The summed E-state index contributed by atoms with van der Waals surface area (Å²) in [6.07, 6.45) is 74.6. The summed E-state index contributed by atoms with van der Waals surface area (Å²) in [6.45, 7) is 3.78. The van der Waals surface area contributed by atoms with E-state index < -0.39 is 49.5 Å². The molecular formula is C71H133NO8. The Balaban J connectivity index is 2.11. The monoisotopic (exact) mass is 1130 g/mol. The lowest BCUT2D eigenvalue weighted by molar-refractivity contribution is -0.302. The van der Waals surface area contributed by atoms with Gasteiger partial charge in [-0.2, -0.15) is 0 Å². The number of nitrogens with one attached hydrogen (secondary N) is 1. The lowest BCUT2D eigenvalue weighted by Gasteiger charge is -2.40. The molecule has 0 saturated carbocycles. The van der Waals surface area contributed by atoms with Gasteiger partial charge >= 0.3 is 0 Å². The van der Waals surface area contributed by atoms with Gasteiger partial charge in [-0.1, -0.05) is 332 Å². The molecule has 0 radical (unpaired) electrons. The maximum absolute atomic E-state index is 13.2. The Morgan fingerprint density at radius 1 is 0.438 bits per heavy atom. The summed E-state index contributed by atoms with van der Waals surface area (Å²) in [6, 6.07) is -0.721. The van der Waals surface area contributed by atoms with E-state index in [1.54, 1.807) is 0 Å². The third kappa shape index (κ3) is 48.5. The molecule has 7 unspecified atom stereocenters. The zero-order chi connectivity index (χ0) is 57.9. The molecule has 0 aromatic rings. The number of hydrogen-bond acceptors (Lipinski definition) is 8. The van der Waals surface area contributed by atoms with Gasteiger partial charge in [0.1, 0.15) is 24.4 Å². The van der Waals surface area contributed by atoms with E-state index in [0.29, 0.717) is 12.8 Å². The van der Waals surface area contributed by atoms with Crippen LogP contribution in [0.15, 0.2) is 48.6 Å². The first kappa shape index (κ1) is 76.2. The zero-order valence-corrected chi connectivity index (χ0v) is 52.6. The van der Waals surface area contributed by atoms with Crippen LogP contribution in [-0.2, 0) is 14.3 Å². The highest BCUT2D eigenvalue weighted by Gasteiger charge is 2.44. The van der Waals surface area contributed by atoms with E-state index >= 15 is 0 Å². The Kier molecular flexibility index (Phi) is 57.4. The van der Waals surface area contributed by atoms with Crippen LogP contribution in [-0.4, -0.2) is 87.5 Å². The molecule has 9 nitrogen and oxygen atoms in total.